The van der Waals surface area contributed by atoms with Gasteiger partial charge in [0.2, 0.25) is 5.91 Å². The number of carbonyl (C=O) groups is 1. The molecule has 134 valence electrons. The Kier molecular flexibility index (Phi) is 4.71. The summed E-state index contributed by atoms with van der Waals surface area (Å²) in [4.78, 5) is 15.0. The minimum Gasteiger partial charge on any atom is -0.331 e. The van der Waals surface area contributed by atoms with Crippen molar-refractivity contribution < 1.29 is 4.79 Å². The van der Waals surface area contributed by atoms with Gasteiger partial charge in [-0.15, -0.1) is 0 Å². The van der Waals surface area contributed by atoms with E-state index in [4.69, 9.17) is 0 Å². The lowest BCUT2D eigenvalue weighted by atomic mass is 10.0. The molecule has 2 heterocycles. The van der Waals surface area contributed by atoms with E-state index >= 15 is 0 Å². The van der Waals surface area contributed by atoms with Gasteiger partial charge in [-0.05, 0) is 23.6 Å². The fourth-order valence-corrected chi connectivity index (χ4v) is 3.65. The highest BCUT2D eigenvalue weighted by Crippen LogP contribution is 2.24. The molecule has 0 bridgehead atoms. The van der Waals surface area contributed by atoms with Gasteiger partial charge in [0.15, 0.2) is 0 Å². The standard InChI is InChI=1S/C21H24N4O/c1-2-16-7-9-17(10-8-16)20-14-22-11-12-24(20)21(26)15-25-19-6-4-3-5-18(19)13-23-25/h3-10,13,20,22H,2,11-12,14-15H2,1H3. The highest BCUT2D eigenvalue weighted by molar-refractivity contribution is 5.82. The zero-order chi connectivity index (χ0) is 17.9. The Morgan fingerprint density at radius 2 is 2.00 bits per heavy atom. The largest absolute Gasteiger partial charge is 0.331 e. The van der Waals surface area contributed by atoms with Crippen molar-refractivity contribution in [2.45, 2.75) is 25.9 Å². The predicted molar refractivity (Wildman–Crippen MR) is 103 cm³/mol. The van der Waals surface area contributed by atoms with Crippen LogP contribution in [0.2, 0.25) is 0 Å². The smallest absolute Gasteiger partial charge is 0.244 e. The molecule has 0 spiro atoms. The monoisotopic (exact) mass is 348 g/mol. The molecule has 4 rings (SSSR count). The minimum absolute atomic E-state index is 0.0731. The van der Waals surface area contributed by atoms with Gasteiger partial charge < -0.3 is 10.2 Å². The van der Waals surface area contributed by atoms with E-state index in [2.05, 4.69) is 41.6 Å². The summed E-state index contributed by atoms with van der Waals surface area (Å²) in [5.41, 5.74) is 3.51. The van der Waals surface area contributed by atoms with E-state index in [1.54, 1.807) is 4.68 Å². The van der Waals surface area contributed by atoms with E-state index in [-0.39, 0.29) is 18.5 Å². The molecular formula is C21H24N4O. The van der Waals surface area contributed by atoms with Gasteiger partial charge >= 0.3 is 0 Å². The Labute approximate surface area is 153 Å². The van der Waals surface area contributed by atoms with Crippen LogP contribution in [0.1, 0.15) is 24.1 Å². The van der Waals surface area contributed by atoms with Crippen LogP contribution in [0.25, 0.3) is 10.9 Å². The summed E-state index contributed by atoms with van der Waals surface area (Å²) in [6.45, 7) is 4.77. The molecular weight excluding hydrogens is 324 g/mol. The Morgan fingerprint density at radius 1 is 1.19 bits per heavy atom. The van der Waals surface area contributed by atoms with Gasteiger partial charge in [0, 0.05) is 25.0 Å². The molecule has 1 amide bonds. The lowest BCUT2D eigenvalue weighted by Gasteiger charge is -2.36. The van der Waals surface area contributed by atoms with Crippen molar-refractivity contribution in [2.75, 3.05) is 19.6 Å². The summed E-state index contributed by atoms with van der Waals surface area (Å²) in [7, 11) is 0. The van der Waals surface area contributed by atoms with Crippen molar-refractivity contribution in [1.29, 1.82) is 0 Å². The maximum Gasteiger partial charge on any atom is 0.244 e. The fourth-order valence-electron chi connectivity index (χ4n) is 3.65. The van der Waals surface area contributed by atoms with Crippen LogP contribution in [-0.2, 0) is 17.8 Å². The van der Waals surface area contributed by atoms with Gasteiger partial charge in [-0.25, -0.2) is 0 Å². The number of carbonyl (C=O) groups excluding carboxylic acids is 1. The van der Waals surface area contributed by atoms with Crippen molar-refractivity contribution in [3.63, 3.8) is 0 Å². The van der Waals surface area contributed by atoms with Crippen LogP contribution in [0.3, 0.4) is 0 Å². The Hall–Kier alpha value is -2.66. The third-order valence-electron chi connectivity index (χ3n) is 5.17. The third-order valence-corrected chi connectivity index (χ3v) is 5.17. The van der Waals surface area contributed by atoms with Gasteiger partial charge in [0.1, 0.15) is 6.54 Å². The lowest BCUT2D eigenvalue weighted by Crippen LogP contribution is -2.49. The van der Waals surface area contributed by atoms with E-state index in [9.17, 15) is 4.79 Å². The van der Waals surface area contributed by atoms with Crippen LogP contribution in [0, 0.1) is 0 Å². The fraction of sp³-hybridized carbons (Fsp3) is 0.333. The first kappa shape index (κ1) is 16.8. The number of fused-ring (bicyclic) bond motifs is 1. The van der Waals surface area contributed by atoms with Gasteiger partial charge in [0.25, 0.3) is 0 Å². The van der Waals surface area contributed by atoms with Crippen molar-refractivity contribution >= 4 is 16.8 Å². The molecule has 0 radical (unpaired) electrons. The number of amides is 1. The highest BCUT2D eigenvalue weighted by atomic mass is 16.2. The van der Waals surface area contributed by atoms with Gasteiger partial charge in [-0.3, -0.25) is 9.48 Å². The maximum atomic E-state index is 13.1. The van der Waals surface area contributed by atoms with E-state index in [0.717, 1.165) is 37.0 Å². The summed E-state index contributed by atoms with van der Waals surface area (Å²) in [5.74, 6) is 0.116. The molecule has 1 aromatic heterocycles. The second-order valence-corrected chi connectivity index (χ2v) is 6.76. The molecule has 1 aliphatic rings. The number of hydrogen-bond acceptors (Lipinski definition) is 3. The van der Waals surface area contributed by atoms with Gasteiger partial charge in [0.05, 0.1) is 17.8 Å². The summed E-state index contributed by atoms with van der Waals surface area (Å²) >= 11 is 0. The Balaban J connectivity index is 1.56. The zero-order valence-corrected chi connectivity index (χ0v) is 15.1. The summed E-state index contributed by atoms with van der Waals surface area (Å²) < 4.78 is 1.80. The molecule has 1 saturated heterocycles. The van der Waals surface area contributed by atoms with Crippen molar-refractivity contribution in [2.24, 2.45) is 0 Å². The molecule has 1 N–H and O–H groups in total. The number of benzene rings is 2. The number of rotatable bonds is 4. The van der Waals surface area contributed by atoms with E-state index in [0.29, 0.717) is 0 Å². The second-order valence-electron chi connectivity index (χ2n) is 6.76. The maximum absolute atomic E-state index is 13.1. The van der Waals surface area contributed by atoms with Crippen LogP contribution in [0.15, 0.2) is 54.7 Å². The molecule has 26 heavy (non-hydrogen) atoms. The average Bonchev–Trinajstić information content (AvgIpc) is 3.11. The molecule has 1 aliphatic heterocycles. The SMILES string of the molecule is CCc1ccc(C2CNCCN2C(=O)Cn2ncc3ccccc32)cc1. The molecule has 1 fully saturated rings. The van der Waals surface area contributed by atoms with Crippen LogP contribution < -0.4 is 5.32 Å². The highest BCUT2D eigenvalue weighted by Gasteiger charge is 2.28. The van der Waals surface area contributed by atoms with Crippen LogP contribution in [0.5, 0.6) is 0 Å². The van der Waals surface area contributed by atoms with Crippen molar-refractivity contribution in [3.8, 4) is 0 Å². The topological polar surface area (TPSA) is 50.2 Å². The number of aryl methyl sites for hydroxylation is 1. The number of nitrogens with zero attached hydrogens (tertiary/aromatic N) is 3. The summed E-state index contributed by atoms with van der Waals surface area (Å²) in [6, 6.07) is 16.7. The third kappa shape index (κ3) is 3.22. The molecule has 0 aliphatic carbocycles. The number of hydrogen-bond donors (Lipinski definition) is 1. The lowest BCUT2D eigenvalue weighted by molar-refractivity contribution is -0.135. The molecule has 3 aromatic rings. The normalized spacial score (nSPS) is 17.6. The first-order valence-electron chi connectivity index (χ1n) is 9.26. The Morgan fingerprint density at radius 3 is 2.81 bits per heavy atom. The predicted octanol–water partition coefficient (Wildman–Crippen LogP) is 2.77. The second kappa shape index (κ2) is 7.30. The van der Waals surface area contributed by atoms with Crippen LogP contribution >= 0.6 is 0 Å². The van der Waals surface area contributed by atoms with E-state index in [1.165, 1.54) is 11.1 Å². The number of para-hydroxylation sites is 1. The van der Waals surface area contributed by atoms with Crippen molar-refractivity contribution in [1.82, 2.24) is 20.0 Å². The van der Waals surface area contributed by atoms with Crippen molar-refractivity contribution in [3.05, 3.63) is 65.9 Å². The average molecular weight is 348 g/mol. The molecule has 2 aromatic carbocycles. The summed E-state index contributed by atoms with van der Waals surface area (Å²) in [5, 5.41) is 8.89. The number of piperazine rings is 1. The first-order valence-corrected chi connectivity index (χ1v) is 9.26. The van der Waals surface area contributed by atoms with E-state index in [1.807, 2.05) is 35.4 Å². The molecule has 5 heteroatoms. The van der Waals surface area contributed by atoms with E-state index < -0.39 is 0 Å². The molecule has 5 nitrogen and oxygen atoms in total. The number of aromatic nitrogens is 2. The molecule has 1 unspecified atom stereocenters. The minimum atomic E-state index is 0.0731. The van der Waals surface area contributed by atoms with Crippen LogP contribution in [0.4, 0.5) is 0 Å². The zero-order valence-electron chi connectivity index (χ0n) is 15.1. The molecule has 0 saturated carbocycles. The Bertz CT molecular complexity index is 900. The first-order chi connectivity index (χ1) is 12.8. The van der Waals surface area contributed by atoms with Gasteiger partial charge in [-0.2, -0.15) is 5.10 Å². The summed E-state index contributed by atoms with van der Waals surface area (Å²) in [6.07, 6.45) is 2.85. The number of nitrogens with one attached hydrogen (secondary N) is 1. The van der Waals surface area contributed by atoms with Gasteiger partial charge in [-0.1, -0.05) is 49.4 Å². The van der Waals surface area contributed by atoms with Crippen LogP contribution in [-0.4, -0.2) is 40.2 Å². The molecule has 1 atom stereocenters. The quantitative estimate of drug-likeness (QED) is 0.789.